The number of fused-ring (bicyclic) bond motifs is 2. The Morgan fingerprint density at radius 2 is 1.96 bits per heavy atom. The molecule has 1 aromatic heterocycles. The number of hydrogen-bond donors (Lipinski definition) is 1. The first kappa shape index (κ1) is 14.4. The number of hydrogen-bond acceptors (Lipinski definition) is 4. The van der Waals surface area contributed by atoms with E-state index in [2.05, 4.69) is 9.97 Å². The largest absolute Gasteiger partial charge is 0.469 e. The number of carbonyl (C=O) groups excluding carboxylic acids is 2. The van der Waals surface area contributed by atoms with Crippen LogP contribution >= 0.6 is 0 Å². The number of nitrogens with one attached hydrogen (secondary N) is 1. The van der Waals surface area contributed by atoms with Gasteiger partial charge in [-0.3, -0.25) is 14.5 Å². The van der Waals surface area contributed by atoms with Crippen LogP contribution in [0.2, 0.25) is 0 Å². The highest BCUT2D eigenvalue weighted by Gasteiger charge is 2.40. The molecule has 0 radical (unpaired) electrons. The summed E-state index contributed by atoms with van der Waals surface area (Å²) in [7, 11) is 1.34. The zero-order valence-electron chi connectivity index (χ0n) is 13.0. The minimum atomic E-state index is -0.429. The van der Waals surface area contributed by atoms with E-state index in [1.165, 1.54) is 7.11 Å². The number of amides is 1. The summed E-state index contributed by atoms with van der Waals surface area (Å²) in [6, 6.07) is 14.4. The quantitative estimate of drug-likeness (QED) is 0.753. The zero-order valence-corrected chi connectivity index (χ0v) is 13.0. The molecular weight excluding hydrogens is 306 g/mol. The van der Waals surface area contributed by atoms with E-state index in [-0.39, 0.29) is 18.3 Å². The van der Waals surface area contributed by atoms with Gasteiger partial charge in [0.15, 0.2) is 0 Å². The molecule has 4 rings (SSSR count). The minimum absolute atomic E-state index is 0.0797. The van der Waals surface area contributed by atoms with Gasteiger partial charge in [-0.1, -0.05) is 30.3 Å². The van der Waals surface area contributed by atoms with Gasteiger partial charge in [0.05, 0.1) is 30.6 Å². The molecule has 1 atom stereocenters. The highest BCUT2D eigenvalue weighted by atomic mass is 16.5. The molecule has 1 amide bonds. The number of imidazole rings is 1. The number of nitrogens with zero attached hydrogens (tertiary/aromatic N) is 2. The molecule has 1 aliphatic rings. The van der Waals surface area contributed by atoms with Gasteiger partial charge in [0.1, 0.15) is 0 Å². The molecule has 1 N–H and O–H groups in total. The fraction of sp³-hybridized carbons (Fsp3) is 0.167. The smallest absolute Gasteiger partial charge is 0.307 e. The second-order valence-electron chi connectivity index (χ2n) is 5.64. The standard InChI is InChI=1S/C18H15N3O3/c1-24-16(22)10-15-11-6-2-3-7-12(11)17(23)21(15)18-19-13-8-4-5-9-14(13)20-18/h2-9,15H,10H2,1H3,(H,19,20). The number of anilines is 1. The highest BCUT2D eigenvalue weighted by Crippen LogP contribution is 2.38. The van der Waals surface area contributed by atoms with Crippen molar-refractivity contribution in [1.29, 1.82) is 0 Å². The predicted octanol–water partition coefficient (Wildman–Crippen LogP) is 2.83. The average molecular weight is 321 g/mol. The summed E-state index contributed by atoms with van der Waals surface area (Å²) < 4.78 is 4.80. The fourth-order valence-electron chi connectivity index (χ4n) is 3.13. The lowest BCUT2D eigenvalue weighted by molar-refractivity contribution is -0.141. The van der Waals surface area contributed by atoms with Crippen molar-refractivity contribution in [2.75, 3.05) is 12.0 Å². The predicted molar refractivity (Wildman–Crippen MR) is 88.7 cm³/mol. The van der Waals surface area contributed by atoms with Crippen LogP contribution in [0.1, 0.15) is 28.4 Å². The number of rotatable bonds is 3. The number of carbonyl (C=O) groups is 2. The van der Waals surface area contributed by atoms with E-state index in [0.29, 0.717) is 11.5 Å². The van der Waals surface area contributed by atoms with E-state index in [4.69, 9.17) is 4.74 Å². The van der Waals surface area contributed by atoms with Crippen LogP contribution in [-0.4, -0.2) is 29.0 Å². The van der Waals surface area contributed by atoms with Gasteiger partial charge in [0, 0.05) is 5.56 Å². The second kappa shape index (κ2) is 5.49. The number of methoxy groups -OCH3 is 1. The topological polar surface area (TPSA) is 75.3 Å². The maximum Gasteiger partial charge on any atom is 0.307 e. The van der Waals surface area contributed by atoms with Crippen molar-refractivity contribution < 1.29 is 14.3 Å². The molecule has 0 aliphatic carbocycles. The zero-order chi connectivity index (χ0) is 16.7. The van der Waals surface area contributed by atoms with Gasteiger partial charge in [-0.2, -0.15) is 0 Å². The second-order valence-corrected chi connectivity index (χ2v) is 5.64. The van der Waals surface area contributed by atoms with Gasteiger partial charge in [-0.25, -0.2) is 4.98 Å². The Morgan fingerprint density at radius 3 is 2.75 bits per heavy atom. The van der Waals surface area contributed by atoms with Crippen molar-refractivity contribution in [1.82, 2.24) is 9.97 Å². The summed E-state index contributed by atoms with van der Waals surface area (Å²) >= 11 is 0. The molecule has 1 unspecified atom stereocenters. The SMILES string of the molecule is COC(=O)CC1c2ccccc2C(=O)N1c1nc2ccccc2[nH]1. The van der Waals surface area contributed by atoms with Gasteiger partial charge >= 0.3 is 5.97 Å². The summed E-state index contributed by atoms with van der Waals surface area (Å²) in [6.07, 6.45) is 0.0797. The molecule has 24 heavy (non-hydrogen) atoms. The first-order valence-corrected chi connectivity index (χ1v) is 7.63. The highest BCUT2D eigenvalue weighted by molar-refractivity contribution is 6.11. The van der Waals surface area contributed by atoms with Gasteiger partial charge in [0.25, 0.3) is 5.91 Å². The Bertz CT molecular complexity index is 914. The first-order chi connectivity index (χ1) is 11.7. The lowest BCUT2D eigenvalue weighted by Crippen LogP contribution is -2.30. The Morgan fingerprint density at radius 1 is 1.21 bits per heavy atom. The van der Waals surface area contributed by atoms with Crippen molar-refractivity contribution in [3.05, 3.63) is 59.7 Å². The third-order valence-electron chi connectivity index (χ3n) is 4.27. The van der Waals surface area contributed by atoms with Crippen LogP contribution in [0.25, 0.3) is 11.0 Å². The summed E-state index contributed by atoms with van der Waals surface area (Å²) in [5.74, 6) is -0.101. The summed E-state index contributed by atoms with van der Waals surface area (Å²) in [5.41, 5.74) is 3.02. The Hall–Kier alpha value is -3.15. The van der Waals surface area contributed by atoms with E-state index < -0.39 is 6.04 Å². The molecule has 1 aliphatic heterocycles. The van der Waals surface area contributed by atoms with E-state index in [0.717, 1.165) is 16.6 Å². The molecule has 6 heteroatoms. The van der Waals surface area contributed by atoms with E-state index in [1.807, 2.05) is 42.5 Å². The van der Waals surface area contributed by atoms with Crippen LogP contribution in [0.3, 0.4) is 0 Å². The number of H-pyrrole nitrogens is 1. The van der Waals surface area contributed by atoms with Crippen molar-refractivity contribution in [3.8, 4) is 0 Å². The lowest BCUT2D eigenvalue weighted by atomic mass is 10.0. The molecule has 0 saturated carbocycles. The van der Waals surface area contributed by atoms with Gasteiger partial charge in [0.2, 0.25) is 5.95 Å². The van der Waals surface area contributed by atoms with Gasteiger partial charge in [-0.15, -0.1) is 0 Å². The molecule has 2 aromatic carbocycles. The molecule has 0 saturated heterocycles. The van der Waals surface area contributed by atoms with Crippen molar-refractivity contribution >= 4 is 28.9 Å². The maximum absolute atomic E-state index is 12.9. The molecule has 120 valence electrons. The maximum atomic E-state index is 12.9. The van der Waals surface area contributed by atoms with Crippen molar-refractivity contribution in [2.45, 2.75) is 12.5 Å². The van der Waals surface area contributed by atoms with E-state index in [1.54, 1.807) is 11.0 Å². The van der Waals surface area contributed by atoms with Crippen LogP contribution in [0.15, 0.2) is 48.5 Å². The van der Waals surface area contributed by atoms with Crippen LogP contribution in [0, 0.1) is 0 Å². The summed E-state index contributed by atoms with van der Waals surface area (Å²) in [6.45, 7) is 0. The van der Waals surface area contributed by atoms with Crippen LogP contribution in [0.4, 0.5) is 5.95 Å². The minimum Gasteiger partial charge on any atom is -0.469 e. The van der Waals surface area contributed by atoms with Gasteiger partial charge < -0.3 is 9.72 Å². The average Bonchev–Trinajstić information content (AvgIpc) is 3.14. The Labute approximate surface area is 138 Å². The third-order valence-corrected chi connectivity index (χ3v) is 4.27. The van der Waals surface area contributed by atoms with Crippen molar-refractivity contribution in [2.24, 2.45) is 0 Å². The lowest BCUT2D eigenvalue weighted by Gasteiger charge is -2.21. The molecule has 2 heterocycles. The summed E-state index contributed by atoms with van der Waals surface area (Å²) in [4.78, 5) is 33.9. The van der Waals surface area contributed by atoms with E-state index >= 15 is 0 Å². The molecule has 3 aromatic rings. The molecular formula is C18H15N3O3. The van der Waals surface area contributed by atoms with Crippen molar-refractivity contribution in [3.63, 3.8) is 0 Å². The number of para-hydroxylation sites is 2. The molecule has 6 nitrogen and oxygen atoms in total. The number of benzene rings is 2. The molecule has 0 spiro atoms. The van der Waals surface area contributed by atoms with Crippen LogP contribution in [-0.2, 0) is 9.53 Å². The number of ether oxygens (including phenoxy) is 1. The molecule has 0 fully saturated rings. The normalized spacial score (nSPS) is 16.5. The van der Waals surface area contributed by atoms with Crippen LogP contribution < -0.4 is 4.90 Å². The molecule has 0 bridgehead atoms. The monoisotopic (exact) mass is 321 g/mol. The number of aromatic amines is 1. The third kappa shape index (κ3) is 2.15. The Balaban J connectivity index is 1.82. The number of aromatic nitrogens is 2. The fourth-order valence-corrected chi connectivity index (χ4v) is 3.13. The van der Waals surface area contributed by atoms with E-state index in [9.17, 15) is 9.59 Å². The Kier molecular flexibility index (Phi) is 3.30. The first-order valence-electron chi connectivity index (χ1n) is 7.63. The van der Waals surface area contributed by atoms with Crippen LogP contribution in [0.5, 0.6) is 0 Å². The van der Waals surface area contributed by atoms with Gasteiger partial charge in [-0.05, 0) is 23.8 Å². The number of esters is 1. The summed E-state index contributed by atoms with van der Waals surface area (Å²) in [5, 5.41) is 0.